The molecular formula is C24H26N2O5S. The zero-order valence-corrected chi connectivity index (χ0v) is 19.3. The molecule has 0 bridgehead atoms. The number of ether oxygens (including phenoxy) is 2. The van der Waals surface area contributed by atoms with Crippen LogP contribution in [0.25, 0.3) is 0 Å². The van der Waals surface area contributed by atoms with Crippen LogP contribution in [0.3, 0.4) is 0 Å². The minimum Gasteiger partial charge on any atom is -0.497 e. The molecule has 0 unspecified atom stereocenters. The fourth-order valence-electron chi connectivity index (χ4n) is 3.16. The number of nitrogens with zero attached hydrogens (tertiary/aromatic N) is 1. The van der Waals surface area contributed by atoms with Gasteiger partial charge in [-0.1, -0.05) is 24.3 Å². The topological polar surface area (TPSA) is 84.9 Å². The number of rotatable bonds is 8. The maximum absolute atomic E-state index is 13.5. The molecule has 168 valence electrons. The Balaban J connectivity index is 2.03. The number of nitrogens with one attached hydrogen (secondary N) is 1. The Bertz CT molecular complexity index is 1210. The van der Waals surface area contributed by atoms with Crippen molar-refractivity contribution >= 4 is 27.3 Å². The van der Waals surface area contributed by atoms with E-state index >= 15 is 0 Å². The van der Waals surface area contributed by atoms with Gasteiger partial charge in [0.25, 0.3) is 10.0 Å². The summed E-state index contributed by atoms with van der Waals surface area (Å²) in [5, 5.41) is 2.78. The normalized spacial score (nSPS) is 11.0. The average Bonchev–Trinajstić information content (AvgIpc) is 2.80. The number of methoxy groups -OCH3 is 2. The lowest BCUT2D eigenvalue weighted by molar-refractivity contribution is -0.114. The van der Waals surface area contributed by atoms with Gasteiger partial charge in [-0.3, -0.25) is 9.10 Å². The smallest absolute Gasteiger partial charge is 0.264 e. The summed E-state index contributed by atoms with van der Waals surface area (Å²) in [5.74, 6) is 0.241. The number of hydrogen-bond acceptors (Lipinski definition) is 5. The first kappa shape index (κ1) is 23.1. The molecule has 0 aliphatic rings. The number of carbonyl (C=O) groups is 1. The highest BCUT2D eigenvalue weighted by molar-refractivity contribution is 7.92. The summed E-state index contributed by atoms with van der Waals surface area (Å²) in [5.41, 5.74) is 2.90. The maximum atomic E-state index is 13.5. The van der Waals surface area contributed by atoms with Gasteiger partial charge in [0.2, 0.25) is 5.91 Å². The van der Waals surface area contributed by atoms with E-state index in [1.54, 1.807) is 36.4 Å². The molecule has 3 aromatic carbocycles. The molecular weight excluding hydrogens is 428 g/mol. The van der Waals surface area contributed by atoms with Gasteiger partial charge >= 0.3 is 0 Å². The predicted octanol–water partition coefficient (Wildman–Crippen LogP) is 4.15. The Hall–Kier alpha value is -3.52. The molecule has 0 radical (unpaired) electrons. The Morgan fingerprint density at radius 1 is 0.906 bits per heavy atom. The van der Waals surface area contributed by atoms with Crippen molar-refractivity contribution in [2.24, 2.45) is 0 Å². The molecule has 0 aromatic heterocycles. The molecule has 3 rings (SSSR count). The predicted molar refractivity (Wildman–Crippen MR) is 125 cm³/mol. The molecule has 0 atom stereocenters. The number of carbonyl (C=O) groups excluding carboxylic acids is 1. The van der Waals surface area contributed by atoms with Crippen LogP contribution in [-0.2, 0) is 14.8 Å². The zero-order chi connectivity index (χ0) is 23.3. The highest BCUT2D eigenvalue weighted by Crippen LogP contribution is 2.35. The third-order valence-electron chi connectivity index (χ3n) is 5.06. The first-order valence-electron chi connectivity index (χ1n) is 9.93. The van der Waals surface area contributed by atoms with E-state index in [1.165, 1.54) is 32.4 Å². The van der Waals surface area contributed by atoms with Crippen LogP contribution in [0.4, 0.5) is 11.4 Å². The van der Waals surface area contributed by atoms with Crippen LogP contribution >= 0.6 is 0 Å². The summed E-state index contributed by atoms with van der Waals surface area (Å²) >= 11 is 0. The van der Waals surface area contributed by atoms with Gasteiger partial charge in [-0.25, -0.2) is 8.42 Å². The highest BCUT2D eigenvalue weighted by Gasteiger charge is 2.30. The van der Waals surface area contributed by atoms with Gasteiger partial charge in [-0.15, -0.1) is 0 Å². The summed E-state index contributed by atoms with van der Waals surface area (Å²) in [7, 11) is -1.16. The molecule has 0 fully saturated rings. The molecule has 0 aliphatic heterocycles. The molecule has 7 nitrogen and oxygen atoms in total. The summed E-state index contributed by atoms with van der Waals surface area (Å²) in [6.45, 7) is 3.47. The fraction of sp³-hybridized carbons (Fsp3) is 0.208. The van der Waals surface area contributed by atoms with Crippen LogP contribution in [0, 0.1) is 13.8 Å². The van der Waals surface area contributed by atoms with Crippen molar-refractivity contribution in [1.29, 1.82) is 0 Å². The van der Waals surface area contributed by atoms with E-state index in [1.807, 2.05) is 26.0 Å². The molecule has 1 amide bonds. The van der Waals surface area contributed by atoms with E-state index in [4.69, 9.17) is 9.47 Å². The molecule has 8 heteroatoms. The standard InChI is InChI=1S/C24H26N2O5S/c1-17-10-11-19(14-18(17)2)25-24(27)16-26(32(28,29)21-8-6-5-7-9-21)22-15-20(30-3)12-13-23(22)31-4/h5-15H,16H2,1-4H3,(H,25,27). The van der Waals surface area contributed by atoms with Crippen LogP contribution in [0.1, 0.15) is 11.1 Å². The first-order chi connectivity index (χ1) is 15.3. The molecule has 0 heterocycles. The van der Waals surface area contributed by atoms with Crippen molar-refractivity contribution < 1.29 is 22.7 Å². The Kier molecular flexibility index (Phi) is 7.05. The number of benzene rings is 3. The third kappa shape index (κ3) is 5.03. The zero-order valence-electron chi connectivity index (χ0n) is 18.5. The molecule has 0 saturated heterocycles. The molecule has 0 saturated carbocycles. The summed E-state index contributed by atoms with van der Waals surface area (Å²) < 4.78 is 38.8. The molecule has 0 spiro atoms. The first-order valence-corrected chi connectivity index (χ1v) is 11.4. The second kappa shape index (κ2) is 9.74. The monoisotopic (exact) mass is 454 g/mol. The second-order valence-corrected chi connectivity index (χ2v) is 9.07. The van der Waals surface area contributed by atoms with Crippen molar-refractivity contribution in [3.63, 3.8) is 0 Å². The van der Waals surface area contributed by atoms with E-state index in [0.29, 0.717) is 17.2 Å². The second-order valence-electron chi connectivity index (χ2n) is 7.21. The molecule has 32 heavy (non-hydrogen) atoms. The Labute approximate surface area is 188 Å². The van der Waals surface area contributed by atoms with Gasteiger partial charge in [-0.05, 0) is 61.4 Å². The fourth-order valence-corrected chi connectivity index (χ4v) is 4.61. The van der Waals surface area contributed by atoms with Crippen molar-refractivity contribution in [2.45, 2.75) is 18.7 Å². The summed E-state index contributed by atoms with van der Waals surface area (Å²) in [6.07, 6.45) is 0. The van der Waals surface area contributed by atoms with Crippen molar-refractivity contribution in [2.75, 3.05) is 30.4 Å². The lowest BCUT2D eigenvalue weighted by Crippen LogP contribution is -2.38. The van der Waals surface area contributed by atoms with Gasteiger partial charge < -0.3 is 14.8 Å². The Morgan fingerprint density at radius 3 is 2.25 bits per heavy atom. The van der Waals surface area contributed by atoms with Crippen LogP contribution in [0.2, 0.25) is 0 Å². The summed E-state index contributed by atoms with van der Waals surface area (Å²) in [4.78, 5) is 13.0. The van der Waals surface area contributed by atoms with Gasteiger partial charge in [0.15, 0.2) is 0 Å². The third-order valence-corrected chi connectivity index (χ3v) is 6.84. The Morgan fingerprint density at radius 2 is 1.62 bits per heavy atom. The van der Waals surface area contributed by atoms with E-state index in [-0.39, 0.29) is 10.6 Å². The van der Waals surface area contributed by atoms with E-state index in [9.17, 15) is 13.2 Å². The molecule has 0 aliphatic carbocycles. The van der Waals surface area contributed by atoms with Crippen LogP contribution in [0.5, 0.6) is 11.5 Å². The van der Waals surface area contributed by atoms with Gasteiger partial charge in [-0.2, -0.15) is 0 Å². The minimum absolute atomic E-state index is 0.0591. The number of anilines is 2. The number of amides is 1. The number of hydrogen-bond donors (Lipinski definition) is 1. The lowest BCUT2D eigenvalue weighted by Gasteiger charge is -2.26. The van der Waals surface area contributed by atoms with Crippen molar-refractivity contribution in [1.82, 2.24) is 0 Å². The van der Waals surface area contributed by atoms with E-state index < -0.39 is 22.5 Å². The maximum Gasteiger partial charge on any atom is 0.264 e. The lowest BCUT2D eigenvalue weighted by atomic mass is 10.1. The average molecular weight is 455 g/mol. The van der Waals surface area contributed by atoms with Crippen molar-refractivity contribution in [3.05, 3.63) is 77.9 Å². The quantitative estimate of drug-likeness (QED) is 0.553. The van der Waals surface area contributed by atoms with E-state index in [2.05, 4.69) is 5.32 Å². The molecule has 1 N–H and O–H groups in total. The van der Waals surface area contributed by atoms with Gasteiger partial charge in [0.05, 0.1) is 24.8 Å². The summed E-state index contributed by atoms with van der Waals surface area (Å²) in [6, 6.07) is 18.3. The number of sulfonamides is 1. The van der Waals surface area contributed by atoms with Crippen LogP contribution in [-0.4, -0.2) is 35.1 Å². The largest absolute Gasteiger partial charge is 0.497 e. The number of aryl methyl sites for hydroxylation is 2. The van der Waals surface area contributed by atoms with Gasteiger partial charge in [0, 0.05) is 11.8 Å². The SMILES string of the molecule is COc1ccc(OC)c(N(CC(=O)Nc2ccc(C)c(C)c2)S(=O)(=O)c2ccccc2)c1. The van der Waals surface area contributed by atoms with Crippen molar-refractivity contribution in [3.8, 4) is 11.5 Å². The van der Waals surface area contributed by atoms with Crippen LogP contribution in [0.15, 0.2) is 71.6 Å². The molecule has 3 aromatic rings. The minimum atomic E-state index is -4.08. The van der Waals surface area contributed by atoms with E-state index in [0.717, 1.165) is 15.4 Å². The highest BCUT2D eigenvalue weighted by atomic mass is 32.2. The van der Waals surface area contributed by atoms with Gasteiger partial charge in [0.1, 0.15) is 18.0 Å². The van der Waals surface area contributed by atoms with Crippen LogP contribution < -0.4 is 19.1 Å².